The van der Waals surface area contributed by atoms with Crippen LogP contribution in [0.2, 0.25) is 0 Å². The van der Waals surface area contributed by atoms with Gasteiger partial charge in [-0.05, 0) is 74.6 Å². The lowest BCUT2D eigenvalue weighted by atomic mass is 10.0. The summed E-state index contributed by atoms with van der Waals surface area (Å²) in [7, 11) is -4.14. The smallest absolute Gasteiger partial charge is 0.264 e. The van der Waals surface area contributed by atoms with Gasteiger partial charge in [-0.25, -0.2) is 8.42 Å². The van der Waals surface area contributed by atoms with Gasteiger partial charge in [0.2, 0.25) is 11.8 Å². The van der Waals surface area contributed by atoms with Crippen molar-refractivity contribution in [3.63, 3.8) is 0 Å². The van der Waals surface area contributed by atoms with Gasteiger partial charge in [0.15, 0.2) is 0 Å². The van der Waals surface area contributed by atoms with Crippen LogP contribution in [0.15, 0.2) is 108 Å². The van der Waals surface area contributed by atoms with Gasteiger partial charge < -0.3 is 10.2 Å². The summed E-state index contributed by atoms with van der Waals surface area (Å²) >= 11 is 0. The number of sulfonamides is 1. The van der Waals surface area contributed by atoms with Crippen LogP contribution in [0.4, 0.5) is 5.69 Å². The molecule has 0 radical (unpaired) electrons. The van der Waals surface area contributed by atoms with Crippen LogP contribution in [0, 0.1) is 20.8 Å². The number of hydrogen-bond donors (Lipinski definition) is 1. The Morgan fingerprint density at radius 3 is 2.04 bits per heavy atom. The number of aryl methyl sites for hydroxylation is 3. The molecule has 0 aliphatic rings. The second-order valence-electron chi connectivity index (χ2n) is 11.6. The van der Waals surface area contributed by atoms with Gasteiger partial charge in [-0.1, -0.05) is 97.4 Å². The molecule has 8 heteroatoms. The number of amides is 2. The van der Waals surface area contributed by atoms with Crippen LogP contribution < -0.4 is 9.62 Å². The van der Waals surface area contributed by atoms with E-state index in [-0.39, 0.29) is 29.8 Å². The Morgan fingerprint density at radius 2 is 1.40 bits per heavy atom. The van der Waals surface area contributed by atoms with Crippen molar-refractivity contribution in [1.82, 2.24) is 10.2 Å². The van der Waals surface area contributed by atoms with Gasteiger partial charge in [-0.3, -0.25) is 13.9 Å². The number of hydrogen-bond acceptors (Lipinski definition) is 4. The molecule has 0 heterocycles. The van der Waals surface area contributed by atoms with E-state index in [4.69, 9.17) is 0 Å². The molecule has 0 saturated heterocycles. The molecule has 236 valence electrons. The van der Waals surface area contributed by atoms with E-state index in [2.05, 4.69) is 5.32 Å². The van der Waals surface area contributed by atoms with Crippen molar-refractivity contribution in [3.8, 4) is 0 Å². The number of anilines is 1. The standard InChI is InChI=1S/C37H43N3O4S/c1-6-30(5)38-37(42)35(24-31-15-9-7-10-16-31)39(25-32-17-13-14-27(2)22-32)36(41)26-40(34-23-28(3)20-21-29(34)4)45(43,44)33-18-11-8-12-19-33/h7-23,30,35H,6,24-26H2,1-5H3,(H,38,42). The van der Waals surface area contributed by atoms with Gasteiger partial charge in [0.05, 0.1) is 10.6 Å². The molecule has 4 rings (SSSR count). The molecule has 0 aliphatic carbocycles. The number of nitrogens with zero attached hydrogens (tertiary/aromatic N) is 2. The van der Waals surface area contributed by atoms with Gasteiger partial charge in [0.1, 0.15) is 12.6 Å². The molecule has 2 unspecified atom stereocenters. The van der Waals surface area contributed by atoms with Crippen LogP contribution in [0.3, 0.4) is 0 Å². The fourth-order valence-corrected chi connectivity index (χ4v) is 6.71. The van der Waals surface area contributed by atoms with E-state index in [1.165, 1.54) is 21.3 Å². The van der Waals surface area contributed by atoms with Crippen LogP contribution in [0.1, 0.15) is 48.1 Å². The van der Waals surface area contributed by atoms with Crippen molar-refractivity contribution in [3.05, 3.63) is 131 Å². The second-order valence-corrected chi connectivity index (χ2v) is 13.5. The summed E-state index contributed by atoms with van der Waals surface area (Å²) in [5, 5.41) is 3.08. The largest absolute Gasteiger partial charge is 0.352 e. The molecule has 45 heavy (non-hydrogen) atoms. The first kappa shape index (κ1) is 33.5. The SMILES string of the molecule is CCC(C)NC(=O)C(Cc1ccccc1)N(Cc1cccc(C)c1)C(=O)CN(c1cc(C)ccc1C)S(=O)(=O)c1ccccc1. The average Bonchev–Trinajstić information content (AvgIpc) is 3.03. The molecule has 0 aromatic heterocycles. The Kier molecular flexibility index (Phi) is 11.2. The van der Waals surface area contributed by atoms with Crippen LogP contribution in [0.25, 0.3) is 0 Å². The van der Waals surface area contributed by atoms with E-state index in [1.807, 2.05) is 101 Å². The molecule has 0 saturated carbocycles. The molecule has 0 bridgehead atoms. The summed E-state index contributed by atoms with van der Waals surface area (Å²) in [6, 6.07) is 30.1. The Balaban J connectivity index is 1.83. The molecule has 0 aliphatic heterocycles. The molecule has 0 spiro atoms. The maximum absolute atomic E-state index is 14.6. The zero-order valence-corrected chi connectivity index (χ0v) is 27.6. The zero-order chi connectivity index (χ0) is 32.6. The van der Waals surface area contributed by atoms with Gasteiger partial charge in [0, 0.05) is 19.0 Å². The first-order valence-electron chi connectivity index (χ1n) is 15.3. The summed E-state index contributed by atoms with van der Waals surface area (Å²) < 4.78 is 29.6. The van der Waals surface area contributed by atoms with E-state index in [9.17, 15) is 18.0 Å². The van der Waals surface area contributed by atoms with Crippen molar-refractivity contribution < 1.29 is 18.0 Å². The first-order chi connectivity index (χ1) is 21.5. The van der Waals surface area contributed by atoms with Gasteiger partial charge in [-0.15, -0.1) is 0 Å². The lowest BCUT2D eigenvalue weighted by Gasteiger charge is -2.34. The summed E-state index contributed by atoms with van der Waals surface area (Å²) in [6.45, 7) is 9.27. The van der Waals surface area contributed by atoms with Crippen LogP contribution in [0.5, 0.6) is 0 Å². The highest BCUT2D eigenvalue weighted by Crippen LogP contribution is 2.29. The Labute approximate surface area is 268 Å². The predicted molar refractivity (Wildman–Crippen MR) is 180 cm³/mol. The maximum Gasteiger partial charge on any atom is 0.264 e. The number of nitrogens with one attached hydrogen (secondary N) is 1. The number of carbonyl (C=O) groups is 2. The van der Waals surface area contributed by atoms with Gasteiger partial charge in [0.25, 0.3) is 10.0 Å². The molecule has 1 N–H and O–H groups in total. The quantitative estimate of drug-likeness (QED) is 0.187. The van der Waals surface area contributed by atoms with Gasteiger partial charge in [-0.2, -0.15) is 0 Å². The maximum atomic E-state index is 14.6. The number of carbonyl (C=O) groups excluding carboxylic acids is 2. The van der Waals surface area contributed by atoms with E-state index in [1.54, 1.807) is 24.3 Å². The predicted octanol–water partition coefficient (Wildman–Crippen LogP) is 6.36. The zero-order valence-electron chi connectivity index (χ0n) is 26.7. The lowest BCUT2D eigenvalue weighted by molar-refractivity contribution is -0.140. The fraction of sp³-hybridized carbons (Fsp3) is 0.297. The molecule has 4 aromatic carbocycles. The lowest BCUT2D eigenvalue weighted by Crippen LogP contribution is -2.54. The minimum atomic E-state index is -4.14. The van der Waals surface area contributed by atoms with Crippen molar-refractivity contribution in [1.29, 1.82) is 0 Å². The number of rotatable bonds is 13. The monoisotopic (exact) mass is 625 g/mol. The third-order valence-corrected chi connectivity index (χ3v) is 9.72. The summed E-state index contributed by atoms with van der Waals surface area (Å²) in [4.78, 5) is 30.2. The Hall–Kier alpha value is -4.43. The van der Waals surface area contributed by atoms with Crippen LogP contribution in [-0.4, -0.2) is 43.8 Å². The minimum absolute atomic E-state index is 0.0827. The molecule has 7 nitrogen and oxygen atoms in total. The number of benzene rings is 4. The minimum Gasteiger partial charge on any atom is -0.352 e. The van der Waals surface area contributed by atoms with Crippen molar-refractivity contribution in [2.75, 3.05) is 10.8 Å². The average molecular weight is 626 g/mol. The van der Waals surface area contributed by atoms with E-state index in [0.717, 1.165) is 28.7 Å². The molecular formula is C37H43N3O4S. The topological polar surface area (TPSA) is 86.8 Å². The Morgan fingerprint density at radius 1 is 0.778 bits per heavy atom. The highest BCUT2D eigenvalue weighted by molar-refractivity contribution is 7.92. The summed E-state index contributed by atoms with van der Waals surface area (Å²) in [5.74, 6) is -0.754. The van der Waals surface area contributed by atoms with Crippen LogP contribution in [-0.2, 0) is 32.6 Å². The first-order valence-corrected chi connectivity index (χ1v) is 16.8. The normalized spacial score (nSPS) is 12.6. The van der Waals surface area contributed by atoms with E-state index < -0.39 is 28.5 Å². The van der Waals surface area contributed by atoms with Crippen molar-refractivity contribution in [2.45, 2.75) is 71.0 Å². The van der Waals surface area contributed by atoms with Crippen molar-refractivity contribution >= 4 is 27.5 Å². The van der Waals surface area contributed by atoms with Gasteiger partial charge >= 0.3 is 0 Å². The molecule has 2 amide bonds. The second kappa shape index (κ2) is 15.0. The van der Waals surface area contributed by atoms with E-state index in [0.29, 0.717) is 11.3 Å². The summed E-state index contributed by atoms with van der Waals surface area (Å²) in [6.07, 6.45) is 1.00. The fourth-order valence-electron chi connectivity index (χ4n) is 5.22. The molecular weight excluding hydrogens is 582 g/mol. The van der Waals surface area contributed by atoms with E-state index >= 15 is 0 Å². The summed E-state index contributed by atoms with van der Waals surface area (Å²) in [5.41, 5.74) is 4.77. The molecule has 2 atom stereocenters. The molecule has 0 fully saturated rings. The third kappa shape index (κ3) is 8.60. The third-order valence-electron chi connectivity index (χ3n) is 7.95. The Bertz CT molecular complexity index is 1710. The van der Waals surface area contributed by atoms with Crippen LogP contribution >= 0.6 is 0 Å². The molecule has 4 aromatic rings. The van der Waals surface area contributed by atoms with Crippen molar-refractivity contribution in [2.24, 2.45) is 0 Å². The highest BCUT2D eigenvalue weighted by Gasteiger charge is 2.35. The highest BCUT2D eigenvalue weighted by atomic mass is 32.2.